The minimum Gasteiger partial charge on any atom is -0.461 e. The third-order valence-electron chi connectivity index (χ3n) is 12.3. The van der Waals surface area contributed by atoms with E-state index in [0.29, 0.717) is 6.42 Å². The van der Waals surface area contributed by atoms with Crippen LogP contribution in [0.5, 0.6) is 5.75 Å². The summed E-state index contributed by atoms with van der Waals surface area (Å²) >= 11 is 0. The summed E-state index contributed by atoms with van der Waals surface area (Å²) in [5.41, 5.74) is 15.9. The van der Waals surface area contributed by atoms with Gasteiger partial charge in [-0.3, -0.25) is 48.5 Å². The fraction of sp³-hybridized carbons (Fsp3) is 0.533. The Balaban J connectivity index is 0.000000677. The van der Waals surface area contributed by atoms with Gasteiger partial charge in [0.1, 0.15) is 24.7 Å². The molecule has 0 radical (unpaired) electrons. The van der Waals surface area contributed by atoms with Crippen molar-refractivity contribution in [3.05, 3.63) is 106 Å². The van der Waals surface area contributed by atoms with Crippen LogP contribution in [-0.2, 0) is 75.3 Å². The minimum atomic E-state index is -1.13. The maximum absolute atomic E-state index is 13.0. The van der Waals surface area contributed by atoms with Crippen LogP contribution in [0.15, 0.2) is 84.9 Å². The van der Waals surface area contributed by atoms with E-state index in [1.165, 1.54) is 24.3 Å². The van der Waals surface area contributed by atoms with Crippen molar-refractivity contribution in [2.24, 2.45) is 40.9 Å². The van der Waals surface area contributed by atoms with Crippen molar-refractivity contribution in [1.82, 2.24) is 16.0 Å². The zero-order chi connectivity index (χ0) is 63.9. The largest absolute Gasteiger partial charge is 0.461 e. The normalized spacial score (nSPS) is 13.9. The lowest BCUT2D eigenvalue weighted by molar-refractivity contribution is -0.384. The van der Waals surface area contributed by atoms with E-state index in [4.69, 9.17) is 40.9 Å². The molecule has 3 rings (SSSR count). The van der Waals surface area contributed by atoms with Gasteiger partial charge in [0, 0.05) is 43.2 Å². The summed E-state index contributed by atoms with van der Waals surface area (Å²) in [6, 6.07) is 21.2. The van der Waals surface area contributed by atoms with Crippen LogP contribution >= 0.6 is 0 Å². The first kappa shape index (κ1) is 74.1. The molecular formula is C60H87N7O17. The number of benzene rings is 3. The quantitative estimate of drug-likeness (QED) is 0.0243. The molecule has 0 aliphatic heterocycles. The van der Waals surface area contributed by atoms with Gasteiger partial charge in [0.25, 0.3) is 5.69 Å². The Labute approximate surface area is 491 Å². The van der Waals surface area contributed by atoms with Crippen LogP contribution in [0.25, 0.3) is 0 Å². The number of nitrogens with zero attached hydrogens (tertiary/aromatic N) is 1. The van der Waals surface area contributed by atoms with Crippen molar-refractivity contribution in [2.45, 2.75) is 170 Å². The first-order valence-corrected chi connectivity index (χ1v) is 27.6. The van der Waals surface area contributed by atoms with Gasteiger partial charge in [0.2, 0.25) is 23.6 Å². The van der Waals surface area contributed by atoms with Gasteiger partial charge in [-0.1, -0.05) is 88.4 Å². The van der Waals surface area contributed by atoms with E-state index < -0.39 is 99.7 Å². The number of carbonyl (C=O) groups is 10. The average Bonchev–Trinajstić information content (AvgIpc) is 3.43. The molecule has 9 N–H and O–H groups in total. The number of nitrogens with one attached hydrogen (secondary N) is 3. The van der Waals surface area contributed by atoms with Crippen molar-refractivity contribution >= 4 is 64.7 Å². The highest BCUT2D eigenvalue weighted by atomic mass is 16.6. The maximum Gasteiger partial charge on any atom is 0.413 e. The summed E-state index contributed by atoms with van der Waals surface area (Å²) in [5, 5.41) is 18.1. The minimum absolute atomic E-state index is 0.0392. The van der Waals surface area contributed by atoms with Crippen molar-refractivity contribution < 1.29 is 76.6 Å². The van der Waals surface area contributed by atoms with E-state index in [0.717, 1.165) is 17.5 Å². The molecule has 3 aromatic rings. The third kappa shape index (κ3) is 31.5. The SMILES string of the molecule is CC(OC(C)(C)C)[C@H](NC(=O)Oc1ccc([N+](=O)[O-])cc1)C(=O)OCc1ccccc1.CC[C@H](C)C(=O)CNC(=O)[C@@H](N)CC(N)=O.CC[C@H](C)C(=O)CNC(=O)[C@H](CC(N)=O)CC(=O)C[C@H](C(=O)OCc1ccccc1)C(C)OC(C)(C)C. The van der Waals surface area contributed by atoms with Crippen molar-refractivity contribution in [3.63, 3.8) is 0 Å². The smallest absolute Gasteiger partial charge is 0.413 e. The number of carbonyl (C=O) groups excluding carboxylic acids is 10. The molecule has 5 amide bonds. The Morgan fingerprint density at radius 3 is 1.45 bits per heavy atom. The van der Waals surface area contributed by atoms with Crippen molar-refractivity contribution in [2.75, 3.05) is 13.1 Å². The molecule has 2 unspecified atom stereocenters. The summed E-state index contributed by atoms with van der Waals surface area (Å²) in [6.07, 6.45) is -2.04. The average molecular weight is 1180 g/mol. The van der Waals surface area contributed by atoms with Crippen LogP contribution in [0.3, 0.4) is 0 Å². The molecule has 0 fully saturated rings. The molecule has 464 valence electrons. The summed E-state index contributed by atoms with van der Waals surface area (Å²) in [4.78, 5) is 131. The fourth-order valence-electron chi connectivity index (χ4n) is 7.47. The lowest BCUT2D eigenvalue weighted by atomic mass is 9.90. The Hall–Kier alpha value is -7.96. The van der Waals surface area contributed by atoms with Crippen LogP contribution in [0.2, 0.25) is 0 Å². The van der Waals surface area contributed by atoms with Crippen LogP contribution in [0.1, 0.15) is 133 Å². The predicted molar refractivity (Wildman–Crippen MR) is 311 cm³/mol. The molecule has 24 nitrogen and oxygen atoms in total. The number of Topliss-reactive ketones (excluding diaryl/α,β-unsaturated/α-hetero) is 3. The molecule has 0 aliphatic carbocycles. The number of nitro groups is 1. The highest BCUT2D eigenvalue weighted by Gasteiger charge is 2.35. The number of rotatable bonds is 31. The number of hydrogen-bond donors (Lipinski definition) is 6. The van der Waals surface area contributed by atoms with Crippen molar-refractivity contribution in [1.29, 1.82) is 0 Å². The topological polar surface area (TPSA) is 374 Å². The lowest BCUT2D eigenvalue weighted by Gasteiger charge is -2.30. The second-order valence-electron chi connectivity index (χ2n) is 22.0. The molecule has 0 heterocycles. The summed E-state index contributed by atoms with van der Waals surface area (Å²) in [5.74, 6) is -6.60. The van der Waals surface area contributed by atoms with Crippen LogP contribution < -0.4 is 37.9 Å². The van der Waals surface area contributed by atoms with E-state index in [9.17, 15) is 58.1 Å². The molecule has 0 saturated heterocycles. The van der Waals surface area contributed by atoms with E-state index in [-0.39, 0.29) is 86.8 Å². The fourth-order valence-corrected chi connectivity index (χ4v) is 7.47. The monoisotopic (exact) mass is 1180 g/mol. The number of hydrogen-bond acceptors (Lipinski definition) is 18. The number of non-ortho nitro benzene ring substituents is 1. The molecule has 0 bridgehead atoms. The van der Waals surface area contributed by atoms with Gasteiger partial charge in [-0.15, -0.1) is 0 Å². The van der Waals surface area contributed by atoms with E-state index in [2.05, 4.69) is 16.0 Å². The van der Waals surface area contributed by atoms with Crippen LogP contribution in [0.4, 0.5) is 10.5 Å². The molecule has 0 saturated carbocycles. The Kier molecular flexibility index (Phi) is 32.9. The molecule has 0 aliphatic rings. The lowest BCUT2D eigenvalue weighted by Crippen LogP contribution is -2.51. The number of primary amides is 2. The number of esters is 2. The van der Waals surface area contributed by atoms with Gasteiger partial charge < -0.3 is 56.8 Å². The Morgan fingerprint density at radius 1 is 0.583 bits per heavy atom. The first-order valence-electron chi connectivity index (χ1n) is 27.6. The second kappa shape index (κ2) is 37.3. The summed E-state index contributed by atoms with van der Waals surface area (Å²) in [6.45, 7) is 21.5. The number of amides is 5. The van der Waals surface area contributed by atoms with E-state index >= 15 is 0 Å². The van der Waals surface area contributed by atoms with Crippen LogP contribution in [-0.4, -0.2) is 113 Å². The summed E-state index contributed by atoms with van der Waals surface area (Å²) in [7, 11) is 0. The number of nitro benzene ring substituents is 1. The number of ketones is 3. The third-order valence-corrected chi connectivity index (χ3v) is 12.3. The maximum atomic E-state index is 13.0. The van der Waals surface area contributed by atoms with Crippen molar-refractivity contribution in [3.8, 4) is 5.75 Å². The first-order chi connectivity index (χ1) is 39.2. The second-order valence-corrected chi connectivity index (χ2v) is 22.0. The Bertz CT molecular complexity index is 2620. The van der Waals surface area contributed by atoms with Gasteiger partial charge in [-0.25, -0.2) is 9.59 Å². The molecule has 84 heavy (non-hydrogen) atoms. The zero-order valence-electron chi connectivity index (χ0n) is 50.4. The van der Waals surface area contributed by atoms with Gasteiger partial charge in [-0.2, -0.15) is 0 Å². The molecule has 3 aromatic carbocycles. The molecule has 24 heteroatoms. The predicted octanol–water partition coefficient (Wildman–Crippen LogP) is 6.04. The Morgan fingerprint density at radius 2 is 1.02 bits per heavy atom. The molecule has 0 aromatic heterocycles. The number of ether oxygens (including phenoxy) is 5. The number of nitrogens with two attached hydrogens (primary N) is 3. The molecule has 0 spiro atoms. The van der Waals surface area contributed by atoms with Crippen LogP contribution in [0, 0.1) is 33.8 Å². The standard InChI is InChI=1S/C28H42N2O7.C22H26N2O7.C10H19N3O3/c1-7-18(2)24(32)16-30-26(34)21(14-25(29)33)13-22(31)15-23(19(3)37-28(4,5)6)27(35)36-17-20-11-9-8-10-12-20;1-15(31-22(2,3)4)19(20(25)29-14-16-8-6-5-7-9-16)23-21(26)30-18-12-10-17(11-13-18)24(27)28;1-3-6(2)8(14)5-13-10(16)7(11)4-9(12)15/h8-12,18-19,21,23H,7,13-17H2,1-6H3,(H2,29,33)(H,30,34);5-13,15,19H,14H2,1-4H3,(H,23,26);6-7H,3-5,11H2,1-2H3,(H2,12,15)(H,13,16)/t18-,19?,21-,23-;15?,19-;6-,7-/m000/s1. The molecule has 8 atom stereocenters. The van der Waals surface area contributed by atoms with Gasteiger partial charge in [0.05, 0.1) is 65.7 Å². The van der Waals surface area contributed by atoms with Gasteiger partial charge in [0.15, 0.2) is 17.6 Å². The van der Waals surface area contributed by atoms with E-state index in [1.54, 1.807) is 27.7 Å². The highest BCUT2D eigenvalue weighted by molar-refractivity contribution is 5.94. The zero-order valence-corrected chi connectivity index (χ0v) is 50.4. The van der Waals surface area contributed by atoms with E-state index in [1.807, 2.05) is 116 Å². The highest BCUT2D eigenvalue weighted by Crippen LogP contribution is 2.24. The van der Waals surface area contributed by atoms with Gasteiger partial charge >= 0.3 is 18.0 Å². The molecular weight excluding hydrogens is 1090 g/mol. The summed E-state index contributed by atoms with van der Waals surface area (Å²) < 4.78 is 27.7. The van der Waals surface area contributed by atoms with Gasteiger partial charge in [-0.05, 0) is 91.5 Å².